The number of amides is 1. The minimum Gasteiger partial charge on any atom is -0.480 e. The largest absolute Gasteiger partial charge is 0.480 e. The zero-order valence-corrected chi connectivity index (χ0v) is 17.6. The van der Waals surface area contributed by atoms with E-state index in [9.17, 15) is 14.7 Å². The van der Waals surface area contributed by atoms with Crippen LogP contribution in [-0.4, -0.2) is 35.5 Å². The molecule has 0 saturated heterocycles. The van der Waals surface area contributed by atoms with Gasteiger partial charge < -0.3 is 27.2 Å². The number of benzene rings is 2. The van der Waals surface area contributed by atoms with Crippen LogP contribution in [0.5, 0.6) is 0 Å². The first-order chi connectivity index (χ1) is 14.3. The zero-order valence-electron chi connectivity index (χ0n) is 16.1. The van der Waals surface area contributed by atoms with E-state index in [2.05, 4.69) is 15.6 Å². The summed E-state index contributed by atoms with van der Waals surface area (Å²) in [4.78, 5) is 27.7. The van der Waals surface area contributed by atoms with E-state index in [0.29, 0.717) is 33.4 Å². The van der Waals surface area contributed by atoms with E-state index in [-0.39, 0.29) is 25.3 Å². The molecular formula is C20H23Cl2N5O3. The molecule has 2 rings (SSSR count). The van der Waals surface area contributed by atoms with Crippen molar-refractivity contribution < 1.29 is 14.7 Å². The molecule has 0 radical (unpaired) electrons. The number of hydrogen-bond donors (Lipinski definition) is 5. The highest BCUT2D eigenvalue weighted by Gasteiger charge is 2.20. The average molecular weight is 452 g/mol. The Balaban J connectivity index is 2.05. The maximum Gasteiger partial charge on any atom is 0.326 e. The van der Waals surface area contributed by atoms with Crippen LogP contribution in [0, 0.1) is 0 Å². The third-order valence-corrected chi connectivity index (χ3v) is 4.80. The van der Waals surface area contributed by atoms with Crippen LogP contribution in [0.4, 0.5) is 11.4 Å². The van der Waals surface area contributed by atoms with Gasteiger partial charge in [0.2, 0.25) is 5.91 Å². The minimum absolute atomic E-state index is 0.0249. The van der Waals surface area contributed by atoms with E-state index in [1.165, 1.54) is 0 Å². The van der Waals surface area contributed by atoms with E-state index in [0.717, 1.165) is 0 Å². The van der Waals surface area contributed by atoms with Crippen molar-refractivity contribution in [3.63, 3.8) is 0 Å². The number of carbonyl (C=O) groups excluding carboxylic acids is 1. The summed E-state index contributed by atoms with van der Waals surface area (Å²) < 4.78 is 0. The van der Waals surface area contributed by atoms with Gasteiger partial charge in [-0.05, 0) is 36.6 Å². The molecular weight excluding hydrogens is 429 g/mol. The molecule has 0 fully saturated rings. The zero-order chi connectivity index (χ0) is 22.1. The lowest BCUT2D eigenvalue weighted by Gasteiger charge is -2.16. The molecule has 10 heteroatoms. The normalized spacial score (nSPS) is 11.4. The number of anilines is 2. The number of halogens is 2. The van der Waals surface area contributed by atoms with Crippen LogP contribution in [0.1, 0.15) is 18.4 Å². The lowest BCUT2D eigenvalue weighted by molar-refractivity contribution is -0.141. The molecule has 2 aromatic carbocycles. The molecule has 0 unspecified atom stereocenters. The van der Waals surface area contributed by atoms with Gasteiger partial charge in [-0.3, -0.25) is 9.79 Å². The van der Waals surface area contributed by atoms with E-state index in [1.807, 2.05) is 0 Å². The Bertz CT molecular complexity index is 912. The van der Waals surface area contributed by atoms with Crippen LogP contribution in [0.15, 0.2) is 47.5 Å². The second-order valence-electron chi connectivity index (χ2n) is 6.46. The van der Waals surface area contributed by atoms with Crippen LogP contribution in [0.2, 0.25) is 10.0 Å². The number of carboxylic acids is 1. The third-order valence-electron chi connectivity index (χ3n) is 4.17. The molecule has 0 aromatic heterocycles. The molecule has 1 atom stereocenters. The van der Waals surface area contributed by atoms with E-state index >= 15 is 0 Å². The Morgan fingerprint density at radius 1 is 1.07 bits per heavy atom. The van der Waals surface area contributed by atoms with Crippen LogP contribution >= 0.6 is 23.2 Å². The van der Waals surface area contributed by atoms with Crippen molar-refractivity contribution in [2.24, 2.45) is 16.5 Å². The molecule has 0 aliphatic carbocycles. The molecule has 7 N–H and O–H groups in total. The number of guanidine groups is 1. The fraction of sp³-hybridized carbons (Fsp3) is 0.250. The minimum atomic E-state index is -1.12. The number of rotatable bonds is 10. The molecule has 8 nitrogen and oxygen atoms in total. The second-order valence-corrected chi connectivity index (χ2v) is 7.28. The van der Waals surface area contributed by atoms with Gasteiger partial charge in [-0.25, -0.2) is 4.79 Å². The van der Waals surface area contributed by atoms with Crippen molar-refractivity contribution >= 4 is 52.4 Å². The van der Waals surface area contributed by atoms with Gasteiger partial charge in [0.25, 0.3) is 0 Å². The number of nitrogens with two attached hydrogens (primary N) is 2. The van der Waals surface area contributed by atoms with Crippen LogP contribution < -0.4 is 22.1 Å². The van der Waals surface area contributed by atoms with Crippen molar-refractivity contribution in [3.8, 4) is 0 Å². The average Bonchev–Trinajstić information content (AvgIpc) is 2.68. The first-order valence-electron chi connectivity index (χ1n) is 9.14. The molecule has 0 bridgehead atoms. The molecule has 0 heterocycles. The lowest BCUT2D eigenvalue weighted by atomic mass is 10.1. The molecule has 1 amide bonds. The number of aliphatic carboxylic acids is 1. The summed E-state index contributed by atoms with van der Waals surface area (Å²) in [5, 5.41) is 15.9. The SMILES string of the molecule is NC(N)=NCCC[C@H](NC(=O)Cc1ccccc1Nc1c(Cl)cccc1Cl)C(=O)O. The van der Waals surface area contributed by atoms with Crippen molar-refractivity contribution in [3.05, 3.63) is 58.1 Å². The van der Waals surface area contributed by atoms with Crippen LogP contribution in [0.3, 0.4) is 0 Å². The molecule has 0 saturated carbocycles. The van der Waals surface area contributed by atoms with Gasteiger partial charge in [0.05, 0.1) is 22.2 Å². The Morgan fingerprint density at radius 2 is 1.73 bits per heavy atom. The summed E-state index contributed by atoms with van der Waals surface area (Å²) in [6, 6.07) is 11.2. The molecule has 30 heavy (non-hydrogen) atoms. The van der Waals surface area contributed by atoms with E-state index < -0.39 is 17.9 Å². The van der Waals surface area contributed by atoms with Gasteiger partial charge in [-0.2, -0.15) is 0 Å². The third kappa shape index (κ3) is 7.13. The van der Waals surface area contributed by atoms with Gasteiger partial charge >= 0.3 is 5.97 Å². The van der Waals surface area contributed by atoms with E-state index in [1.54, 1.807) is 42.5 Å². The summed E-state index contributed by atoms with van der Waals surface area (Å²) >= 11 is 12.4. The summed E-state index contributed by atoms with van der Waals surface area (Å²) in [5.41, 5.74) is 12.3. The fourth-order valence-electron chi connectivity index (χ4n) is 2.73. The van der Waals surface area contributed by atoms with Gasteiger partial charge in [-0.1, -0.05) is 47.5 Å². The summed E-state index contributed by atoms with van der Waals surface area (Å²) in [6.45, 7) is 0.285. The number of carbonyl (C=O) groups is 2. The standard InChI is InChI=1S/C20H23Cl2N5O3/c21-13-6-3-7-14(22)18(13)27-15-8-2-1-5-12(15)11-17(28)26-16(19(29)30)9-4-10-25-20(23)24/h1-3,5-8,16,27H,4,9-11H2,(H,26,28)(H,29,30)(H4,23,24,25)/t16-/m0/s1. The Labute approximate surface area is 184 Å². The van der Waals surface area contributed by atoms with Crippen molar-refractivity contribution in [1.82, 2.24) is 5.32 Å². The molecule has 0 aliphatic heterocycles. The maximum absolute atomic E-state index is 12.5. The Hall–Kier alpha value is -2.97. The summed E-state index contributed by atoms with van der Waals surface area (Å²) in [5.74, 6) is -1.61. The highest BCUT2D eigenvalue weighted by atomic mass is 35.5. The topological polar surface area (TPSA) is 143 Å². The van der Waals surface area contributed by atoms with Crippen molar-refractivity contribution in [1.29, 1.82) is 0 Å². The number of nitrogens with one attached hydrogen (secondary N) is 2. The van der Waals surface area contributed by atoms with Gasteiger partial charge in [0.15, 0.2) is 5.96 Å². The Kier molecular flexibility index (Phi) is 8.76. The number of carboxylic acid groups (broad SMARTS) is 1. The summed E-state index contributed by atoms with van der Waals surface area (Å²) in [7, 11) is 0. The van der Waals surface area contributed by atoms with Crippen molar-refractivity contribution in [2.45, 2.75) is 25.3 Å². The van der Waals surface area contributed by atoms with E-state index in [4.69, 9.17) is 34.7 Å². The predicted molar refractivity (Wildman–Crippen MR) is 119 cm³/mol. The number of para-hydroxylation sites is 2. The smallest absolute Gasteiger partial charge is 0.326 e. The number of aliphatic imine (C=N–C) groups is 1. The molecule has 2 aromatic rings. The van der Waals surface area contributed by atoms with Crippen molar-refractivity contribution in [2.75, 3.05) is 11.9 Å². The fourth-order valence-corrected chi connectivity index (χ4v) is 3.22. The van der Waals surface area contributed by atoms with Gasteiger partial charge in [-0.15, -0.1) is 0 Å². The second kappa shape index (κ2) is 11.3. The first kappa shape index (κ1) is 23.3. The molecule has 0 spiro atoms. The highest BCUT2D eigenvalue weighted by Crippen LogP contribution is 2.33. The summed E-state index contributed by atoms with van der Waals surface area (Å²) in [6.07, 6.45) is 0.591. The maximum atomic E-state index is 12.5. The highest BCUT2D eigenvalue weighted by molar-refractivity contribution is 6.39. The number of nitrogens with zero attached hydrogens (tertiary/aromatic N) is 1. The first-order valence-corrected chi connectivity index (χ1v) is 9.90. The van der Waals surface area contributed by atoms with Crippen LogP contribution in [0.25, 0.3) is 0 Å². The number of hydrogen-bond acceptors (Lipinski definition) is 4. The quantitative estimate of drug-likeness (QED) is 0.213. The monoisotopic (exact) mass is 451 g/mol. The van der Waals surface area contributed by atoms with Crippen LogP contribution in [-0.2, 0) is 16.0 Å². The van der Waals surface area contributed by atoms with Gasteiger partial charge in [0, 0.05) is 12.2 Å². The Morgan fingerprint density at radius 3 is 2.37 bits per heavy atom. The molecule has 160 valence electrons. The van der Waals surface area contributed by atoms with Gasteiger partial charge in [0.1, 0.15) is 6.04 Å². The lowest BCUT2D eigenvalue weighted by Crippen LogP contribution is -2.41. The predicted octanol–water partition coefficient (Wildman–Crippen LogP) is 2.90. The molecule has 0 aliphatic rings.